The Hall–Kier alpha value is -2.54. The van der Waals surface area contributed by atoms with Crippen LogP contribution in [0.4, 0.5) is 0 Å². The zero-order valence-corrected chi connectivity index (χ0v) is 18.4. The van der Waals surface area contributed by atoms with Crippen LogP contribution in [0.5, 0.6) is 0 Å². The van der Waals surface area contributed by atoms with Gasteiger partial charge in [0.25, 0.3) is 5.91 Å². The van der Waals surface area contributed by atoms with Gasteiger partial charge in [-0.2, -0.15) is 0 Å². The van der Waals surface area contributed by atoms with Crippen molar-refractivity contribution in [1.29, 1.82) is 0 Å². The minimum atomic E-state index is -0.293. The SMILES string of the molecule is CC(NC(=O)c1cccc(CSc2cc(Cl)ccc2Cl)c1)c1nnc2ccccn12. The van der Waals surface area contributed by atoms with Crippen LogP contribution in [0.15, 0.2) is 71.8 Å². The highest BCUT2D eigenvalue weighted by Gasteiger charge is 2.17. The van der Waals surface area contributed by atoms with Crippen LogP contribution in [0.1, 0.15) is 34.7 Å². The fourth-order valence-electron chi connectivity index (χ4n) is 3.05. The molecule has 0 aliphatic rings. The maximum Gasteiger partial charge on any atom is 0.251 e. The molecule has 2 heterocycles. The van der Waals surface area contributed by atoms with Crippen LogP contribution in [0.25, 0.3) is 5.65 Å². The summed E-state index contributed by atoms with van der Waals surface area (Å²) in [6.07, 6.45) is 1.88. The number of halogens is 2. The second kappa shape index (κ2) is 9.08. The Kier molecular flexibility index (Phi) is 6.27. The molecule has 2 aromatic carbocycles. The molecule has 152 valence electrons. The summed E-state index contributed by atoms with van der Waals surface area (Å²) < 4.78 is 1.87. The van der Waals surface area contributed by atoms with E-state index in [1.165, 1.54) is 0 Å². The van der Waals surface area contributed by atoms with Gasteiger partial charge >= 0.3 is 0 Å². The van der Waals surface area contributed by atoms with Crippen molar-refractivity contribution in [1.82, 2.24) is 19.9 Å². The third-order valence-corrected chi connectivity index (χ3v) is 6.35. The number of hydrogen-bond donors (Lipinski definition) is 1. The normalized spacial score (nSPS) is 12.1. The van der Waals surface area contributed by atoms with E-state index in [1.54, 1.807) is 30.0 Å². The predicted molar refractivity (Wildman–Crippen MR) is 121 cm³/mol. The van der Waals surface area contributed by atoms with Gasteiger partial charge in [0, 0.05) is 27.4 Å². The molecule has 4 aromatic rings. The molecule has 0 saturated carbocycles. The summed E-state index contributed by atoms with van der Waals surface area (Å²) in [4.78, 5) is 13.7. The average molecular weight is 457 g/mol. The van der Waals surface area contributed by atoms with Gasteiger partial charge in [-0.1, -0.05) is 41.4 Å². The Morgan fingerprint density at radius 2 is 1.97 bits per heavy atom. The monoisotopic (exact) mass is 456 g/mol. The molecule has 2 aromatic heterocycles. The molecule has 5 nitrogen and oxygen atoms in total. The molecule has 0 aliphatic carbocycles. The van der Waals surface area contributed by atoms with Crippen LogP contribution in [0.2, 0.25) is 10.0 Å². The molecule has 30 heavy (non-hydrogen) atoms. The molecule has 1 N–H and O–H groups in total. The number of thioether (sulfide) groups is 1. The lowest BCUT2D eigenvalue weighted by molar-refractivity contribution is 0.0938. The van der Waals surface area contributed by atoms with Gasteiger partial charge in [-0.15, -0.1) is 22.0 Å². The van der Waals surface area contributed by atoms with Gasteiger partial charge in [0.2, 0.25) is 0 Å². The molecule has 4 rings (SSSR count). The first-order valence-electron chi connectivity index (χ1n) is 9.28. The summed E-state index contributed by atoms with van der Waals surface area (Å²) in [5.41, 5.74) is 2.35. The van der Waals surface area contributed by atoms with E-state index in [4.69, 9.17) is 23.2 Å². The number of carbonyl (C=O) groups is 1. The first-order valence-corrected chi connectivity index (χ1v) is 11.0. The zero-order valence-electron chi connectivity index (χ0n) is 16.0. The van der Waals surface area contributed by atoms with E-state index in [0.29, 0.717) is 27.2 Å². The largest absolute Gasteiger partial charge is 0.342 e. The maximum atomic E-state index is 12.8. The number of hydrogen-bond acceptors (Lipinski definition) is 4. The number of amides is 1. The molecule has 1 amide bonds. The Morgan fingerprint density at radius 1 is 1.10 bits per heavy atom. The first-order chi connectivity index (χ1) is 14.5. The number of pyridine rings is 1. The molecule has 0 saturated heterocycles. The van der Waals surface area contributed by atoms with E-state index >= 15 is 0 Å². The standard InChI is InChI=1S/C22H18Cl2N4OS/c1-14(21-27-26-20-7-2-3-10-28(20)21)25-22(29)16-6-4-5-15(11-16)13-30-19-12-17(23)8-9-18(19)24/h2-12,14H,13H2,1H3,(H,25,29). The Morgan fingerprint density at radius 3 is 2.83 bits per heavy atom. The van der Waals surface area contributed by atoms with Gasteiger partial charge in [0.05, 0.1) is 11.1 Å². The Labute approximate surface area is 188 Å². The van der Waals surface area contributed by atoms with E-state index in [0.717, 1.165) is 16.1 Å². The quantitative estimate of drug-likeness (QED) is 0.371. The molecule has 0 radical (unpaired) electrons. The van der Waals surface area contributed by atoms with Gasteiger partial charge in [-0.05, 0) is 55.0 Å². The maximum absolute atomic E-state index is 12.8. The molecular formula is C22H18Cl2N4OS. The van der Waals surface area contributed by atoms with Crippen LogP contribution in [0, 0.1) is 0 Å². The molecule has 0 spiro atoms. The lowest BCUT2D eigenvalue weighted by Crippen LogP contribution is -2.28. The summed E-state index contributed by atoms with van der Waals surface area (Å²) in [6, 6.07) is 18.3. The van der Waals surface area contributed by atoms with E-state index in [2.05, 4.69) is 15.5 Å². The van der Waals surface area contributed by atoms with Crippen LogP contribution in [-0.2, 0) is 5.75 Å². The van der Waals surface area contributed by atoms with Gasteiger partial charge < -0.3 is 5.32 Å². The average Bonchev–Trinajstić information content (AvgIpc) is 3.19. The minimum Gasteiger partial charge on any atom is -0.342 e. The molecule has 1 atom stereocenters. The van der Waals surface area contributed by atoms with Gasteiger partial charge in [0.1, 0.15) is 0 Å². The predicted octanol–water partition coefficient (Wildman–Crippen LogP) is 5.82. The molecular weight excluding hydrogens is 439 g/mol. The van der Waals surface area contributed by atoms with Crippen molar-refractivity contribution in [2.75, 3.05) is 0 Å². The summed E-state index contributed by atoms with van der Waals surface area (Å²) in [7, 11) is 0. The lowest BCUT2D eigenvalue weighted by Gasteiger charge is -2.13. The van der Waals surface area contributed by atoms with Gasteiger partial charge in [-0.3, -0.25) is 9.20 Å². The smallest absolute Gasteiger partial charge is 0.251 e. The van der Waals surface area contributed by atoms with Crippen LogP contribution in [-0.4, -0.2) is 20.5 Å². The van der Waals surface area contributed by atoms with E-state index < -0.39 is 0 Å². The number of benzene rings is 2. The van der Waals surface area contributed by atoms with Crippen molar-refractivity contribution in [3.8, 4) is 0 Å². The first kappa shape index (κ1) is 20.7. The minimum absolute atomic E-state index is 0.164. The molecule has 0 bridgehead atoms. The van der Waals surface area contributed by atoms with Crippen molar-refractivity contribution in [3.63, 3.8) is 0 Å². The number of carbonyl (C=O) groups excluding carboxylic acids is 1. The van der Waals surface area contributed by atoms with Crippen LogP contribution >= 0.6 is 35.0 Å². The highest BCUT2D eigenvalue weighted by Crippen LogP contribution is 2.32. The van der Waals surface area contributed by atoms with Crippen molar-refractivity contribution in [2.24, 2.45) is 0 Å². The van der Waals surface area contributed by atoms with Crippen molar-refractivity contribution < 1.29 is 4.79 Å². The van der Waals surface area contributed by atoms with Gasteiger partial charge in [-0.25, -0.2) is 0 Å². The second-order valence-corrected chi connectivity index (χ2v) is 8.61. The molecule has 1 unspecified atom stereocenters. The summed E-state index contributed by atoms with van der Waals surface area (Å²) in [5, 5.41) is 12.7. The third-order valence-electron chi connectivity index (χ3n) is 4.55. The van der Waals surface area contributed by atoms with Crippen molar-refractivity contribution in [3.05, 3.63) is 93.9 Å². The number of nitrogens with zero attached hydrogens (tertiary/aromatic N) is 3. The van der Waals surface area contributed by atoms with Crippen molar-refractivity contribution >= 4 is 46.5 Å². The van der Waals surface area contributed by atoms with E-state index in [1.807, 2.05) is 60.0 Å². The molecule has 0 fully saturated rings. The highest BCUT2D eigenvalue weighted by molar-refractivity contribution is 7.98. The number of fused-ring (bicyclic) bond motifs is 1. The van der Waals surface area contributed by atoms with Crippen molar-refractivity contribution in [2.45, 2.75) is 23.6 Å². The van der Waals surface area contributed by atoms with Crippen LogP contribution in [0.3, 0.4) is 0 Å². The number of rotatable bonds is 6. The third kappa shape index (κ3) is 4.61. The second-order valence-electron chi connectivity index (χ2n) is 6.75. The number of aromatic nitrogens is 3. The Balaban J connectivity index is 1.45. The zero-order chi connectivity index (χ0) is 21.1. The molecule has 8 heteroatoms. The molecule has 0 aliphatic heterocycles. The lowest BCUT2D eigenvalue weighted by atomic mass is 10.1. The fraction of sp³-hybridized carbons (Fsp3) is 0.136. The fourth-order valence-corrected chi connectivity index (χ4v) is 4.49. The highest BCUT2D eigenvalue weighted by atomic mass is 35.5. The Bertz CT molecular complexity index is 1210. The summed E-state index contributed by atoms with van der Waals surface area (Å²) >= 11 is 13.9. The van der Waals surface area contributed by atoms with Gasteiger partial charge in [0.15, 0.2) is 11.5 Å². The summed E-state index contributed by atoms with van der Waals surface area (Å²) in [6.45, 7) is 1.89. The van der Waals surface area contributed by atoms with Crippen LogP contribution < -0.4 is 5.32 Å². The van der Waals surface area contributed by atoms with E-state index in [9.17, 15) is 4.79 Å². The number of nitrogens with one attached hydrogen (secondary N) is 1. The topological polar surface area (TPSA) is 59.3 Å². The summed E-state index contributed by atoms with van der Waals surface area (Å²) in [5.74, 6) is 1.19. The van der Waals surface area contributed by atoms with E-state index in [-0.39, 0.29) is 11.9 Å².